The predicted molar refractivity (Wildman–Crippen MR) is 116 cm³/mol. The molecule has 0 atom stereocenters. The van der Waals surface area contributed by atoms with E-state index in [2.05, 4.69) is 63.9 Å². The summed E-state index contributed by atoms with van der Waals surface area (Å²) < 4.78 is 5.25. The SMILES string of the molecule is CN=C(NCCCc1ccccc1)NCCCc1nc(C(C)C)no1.I. The fourth-order valence-electron chi connectivity index (χ4n) is 2.42. The Kier molecular flexibility index (Phi) is 10.9. The number of hydrogen-bond acceptors (Lipinski definition) is 4. The van der Waals surface area contributed by atoms with Crippen LogP contribution < -0.4 is 10.6 Å². The highest BCUT2D eigenvalue weighted by molar-refractivity contribution is 14.0. The molecule has 0 aliphatic carbocycles. The lowest BCUT2D eigenvalue weighted by molar-refractivity contribution is 0.368. The summed E-state index contributed by atoms with van der Waals surface area (Å²) in [7, 11) is 1.79. The summed E-state index contributed by atoms with van der Waals surface area (Å²) in [5.41, 5.74) is 1.37. The molecule has 7 heteroatoms. The van der Waals surface area contributed by atoms with Crippen molar-refractivity contribution < 1.29 is 4.52 Å². The van der Waals surface area contributed by atoms with Gasteiger partial charge >= 0.3 is 0 Å². The Morgan fingerprint density at radius 2 is 1.73 bits per heavy atom. The number of guanidine groups is 1. The van der Waals surface area contributed by atoms with Crippen LogP contribution in [0.3, 0.4) is 0 Å². The number of aromatic nitrogens is 2. The van der Waals surface area contributed by atoms with Crippen molar-refractivity contribution in [3.05, 3.63) is 47.6 Å². The number of benzene rings is 1. The Hall–Kier alpha value is -1.64. The molecule has 1 aromatic carbocycles. The van der Waals surface area contributed by atoms with Crippen molar-refractivity contribution in [2.75, 3.05) is 20.1 Å². The van der Waals surface area contributed by atoms with Gasteiger partial charge in [0.15, 0.2) is 11.8 Å². The van der Waals surface area contributed by atoms with Gasteiger partial charge in [-0.2, -0.15) is 4.98 Å². The Labute approximate surface area is 173 Å². The molecule has 0 aliphatic heterocycles. The van der Waals surface area contributed by atoms with Gasteiger partial charge in [0.25, 0.3) is 0 Å². The molecule has 2 N–H and O–H groups in total. The van der Waals surface area contributed by atoms with Crippen molar-refractivity contribution in [1.29, 1.82) is 0 Å². The lowest BCUT2D eigenvalue weighted by atomic mass is 10.1. The first-order chi connectivity index (χ1) is 12.2. The molecule has 0 aliphatic rings. The van der Waals surface area contributed by atoms with E-state index in [9.17, 15) is 0 Å². The molecule has 0 radical (unpaired) electrons. The minimum absolute atomic E-state index is 0. The van der Waals surface area contributed by atoms with E-state index in [4.69, 9.17) is 4.52 Å². The third-order valence-electron chi connectivity index (χ3n) is 3.86. The van der Waals surface area contributed by atoms with E-state index < -0.39 is 0 Å². The highest BCUT2D eigenvalue weighted by Crippen LogP contribution is 2.10. The number of nitrogens with one attached hydrogen (secondary N) is 2. The lowest BCUT2D eigenvalue weighted by Gasteiger charge is -2.11. The number of halogens is 1. The van der Waals surface area contributed by atoms with Gasteiger partial charge in [0, 0.05) is 32.5 Å². The normalized spacial score (nSPS) is 11.3. The third kappa shape index (κ3) is 8.16. The molecule has 2 rings (SSSR count). The zero-order valence-electron chi connectivity index (χ0n) is 15.9. The molecule has 0 unspecified atom stereocenters. The fourth-order valence-corrected chi connectivity index (χ4v) is 2.42. The van der Waals surface area contributed by atoms with E-state index in [0.29, 0.717) is 11.8 Å². The first kappa shape index (κ1) is 22.4. The highest BCUT2D eigenvalue weighted by atomic mass is 127. The van der Waals surface area contributed by atoms with Crippen LogP contribution in [0.2, 0.25) is 0 Å². The summed E-state index contributed by atoms with van der Waals surface area (Å²) in [6, 6.07) is 10.5. The van der Waals surface area contributed by atoms with Gasteiger partial charge in [-0.15, -0.1) is 24.0 Å². The van der Waals surface area contributed by atoms with Crippen molar-refractivity contribution in [3.8, 4) is 0 Å². The van der Waals surface area contributed by atoms with Crippen LogP contribution in [-0.2, 0) is 12.8 Å². The molecule has 0 amide bonds. The maximum Gasteiger partial charge on any atom is 0.226 e. The molecule has 26 heavy (non-hydrogen) atoms. The zero-order chi connectivity index (χ0) is 17.9. The number of nitrogens with zero attached hydrogens (tertiary/aromatic N) is 3. The second kappa shape index (κ2) is 12.7. The van der Waals surface area contributed by atoms with Gasteiger partial charge in [-0.3, -0.25) is 4.99 Å². The summed E-state index contributed by atoms with van der Waals surface area (Å²) in [5.74, 6) is 2.62. The highest BCUT2D eigenvalue weighted by Gasteiger charge is 2.09. The van der Waals surface area contributed by atoms with Gasteiger partial charge in [0.2, 0.25) is 5.89 Å². The van der Waals surface area contributed by atoms with E-state index >= 15 is 0 Å². The molecule has 1 heterocycles. The number of hydrogen-bond donors (Lipinski definition) is 2. The van der Waals surface area contributed by atoms with Gasteiger partial charge in [0.05, 0.1) is 0 Å². The van der Waals surface area contributed by atoms with Crippen molar-refractivity contribution in [1.82, 2.24) is 20.8 Å². The molecular weight excluding hydrogens is 441 g/mol. The quantitative estimate of drug-likeness (QED) is 0.253. The van der Waals surface area contributed by atoms with Crippen LogP contribution in [0.15, 0.2) is 39.8 Å². The summed E-state index contributed by atoms with van der Waals surface area (Å²) in [6.07, 6.45) is 3.84. The van der Waals surface area contributed by atoms with Crippen LogP contribution >= 0.6 is 24.0 Å². The molecular formula is C19H30IN5O. The van der Waals surface area contributed by atoms with Gasteiger partial charge in [0.1, 0.15) is 0 Å². The Bertz CT molecular complexity index is 642. The van der Waals surface area contributed by atoms with E-state index in [-0.39, 0.29) is 24.0 Å². The first-order valence-electron chi connectivity index (χ1n) is 9.00. The van der Waals surface area contributed by atoms with Gasteiger partial charge in [-0.25, -0.2) is 0 Å². The van der Waals surface area contributed by atoms with Gasteiger partial charge in [-0.05, 0) is 24.8 Å². The number of aliphatic imine (C=N–C) groups is 1. The van der Waals surface area contributed by atoms with Crippen molar-refractivity contribution >= 4 is 29.9 Å². The average molecular weight is 471 g/mol. The van der Waals surface area contributed by atoms with Crippen molar-refractivity contribution in [2.45, 2.75) is 45.4 Å². The molecule has 0 saturated carbocycles. The second-order valence-electron chi connectivity index (χ2n) is 6.32. The van der Waals surface area contributed by atoms with Crippen LogP contribution in [0.1, 0.15) is 49.9 Å². The van der Waals surface area contributed by atoms with Crippen molar-refractivity contribution in [3.63, 3.8) is 0 Å². The third-order valence-corrected chi connectivity index (χ3v) is 3.86. The summed E-state index contributed by atoms with van der Waals surface area (Å²) in [4.78, 5) is 8.63. The summed E-state index contributed by atoms with van der Waals surface area (Å²) in [6.45, 7) is 5.83. The largest absolute Gasteiger partial charge is 0.356 e. The molecule has 2 aromatic rings. The zero-order valence-corrected chi connectivity index (χ0v) is 18.2. The first-order valence-corrected chi connectivity index (χ1v) is 9.00. The summed E-state index contributed by atoms with van der Waals surface area (Å²) in [5, 5.41) is 10.6. The van der Waals surface area contributed by atoms with Crippen LogP contribution in [0.25, 0.3) is 0 Å². The number of aryl methyl sites for hydroxylation is 2. The second-order valence-corrected chi connectivity index (χ2v) is 6.32. The smallest absolute Gasteiger partial charge is 0.226 e. The molecule has 6 nitrogen and oxygen atoms in total. The molecule has 1 aromatic heterocycles. The molecule has 0 fully saturated rings. The minimum Gasteiger partial charge on any atom is -0.356 e. The molecule has 0 spiro atoms. The molecule has 0 bridgehead atoms. The van der Waals surface area contributed by atoms with Crippen LogP contribution in [0.5, 0.6) is 0 Å². The summed E-state index contributed by atoms with van der Waals surface area (Å²) >= 11 is 0. The minimum atomic E-state index is 0. The molecule has 0 saturated heterocycles. The van der Waals surface area contributed by atoms with Gasteiger partial charge in [-0.1, -0.05) is 49.3 Å². The Morgan fingerprint density at radius 3 is 2.31 bits per heavy atom. The topological polar surface area (TPSA) is 75.3 Å². The van der Waals surface area contributed by atoms with E-state index in [1.54, 1.807) is 7.05 Å². The fraction of sp³-hybridized carbons (Fsp3) is 0.526. The molecule has 144 valence electrons. The van der Waals surface area contributed by atoms with Crippen LogP contribution in [0.4, 0.5) is 0 Å². The lowest BCUT2D eigenvalue weighted by Crippen LogP contribution is -2.38. The van der Waals surface area contributed by atoms with Crippen molar-refractivity contribution in [2.24, 2.45) is 4.99 Å². The van der Waals surface area contributed by atoms with E-state index in [0.717, 1.165) is 50.6 Å². The maximum absolute atomic E-state index is 5.25. The Morgan fingerprint density at radius 1 is 1.08 bits per heavy atom. The Balaban J connectivity index is 0.00000338. The van der Waals surface area contributed by atoms with Crippen LogP contribution in [0, 0.1) is 0 Å². The van der Waals surface area contributed by atoms with Crippen LogP contribution in [-0.4, -0.2) is 36.2 Å². The number of rotatable bonds is 9. The average Bonchev–Trinajstić information content (AvgIpc) is 3.10. The predicted octanol–water partition coefficient (Wildman–Crippen LogP) is 3.54. The standard InChI is InChI=1S/C19H29N5O.HI/c1-15(2)18-23-17(25-24-18)12-8-14-22-19(20-3)21-13-7-11-16-9-5-4-6-10-16;/h4-6,9-10,15H,7-8,11-14H2,1-3H3,(H2,20,21,22);1H. The van der Waals surface area contributed by atoms with E-state index in [1.165, 1.54) is 5.56 Å². The van der Waals surface area contributed by atoms with Gasteiger partial charge < -0.3 is 15.2 Å². The van der Waals surface area contributed by atoms with E-state index in [1.807, 2.05) is 6.07 Å². The monoisotopic (exact) mass is 471 g/mol. The maximum atomic E-state index is 5.25.